The molecule has 0 spiro atoms. The number of thiophene rings is 1. The van der Waals surface area contributed by atoms with Crippen molar-refractivity contribution in [1.82, 2.24) is 10.3 Å². The molecule has 1 fully saturated rings. The van der Waals surface area contributed by atoms with Crippen molar-refractivity contribution in [2.24, 2.45) is 0 Å². The fourth-order valence-corrected chi connectivity index (χ4v) is 9.09. The van der Waals surface area contributed by atoms with Gasteiger partial charge in [0.15, 0.2) is 19.7 Å². The van der Waals surface area contributed by atoms with Gasteiger partial charge in [-0.25, -0.2) is 16.8 Å². The van der Waals surface area contributed by atoms with Crippen molar-refractivity contribution in [2.45, 2.75) is 22.0 Å². The van der Waals surface area contributed by atoms with Crippen LogP contribution in [0, 0.1) is 0 Å². The Hall–Kier alpha value is -1.000. The van der Waals surface area contributed by atoms with Gasteiger partial charge in [-0.1, -0.05) is 17.7 Å². The van der Waals surface area contributed by atoms with Crippen LogP contribution in [0.1, 0.15) is 5.56 Å². The van der Waals surface area contributed by atoms with Gasteiger partial charge in [0.05, 0.1) is 21.1 Å². The summed E-state index contributed by atoms with van der Waals surface area (Å²) in [5.74, 6) is -0.578. The summed E-state index contributed by atoms with van der Waals surface area (Å²) in [5.41, 5.74) is 0.858. The van der Waals surface area contributed by atoms with Crippen LogP contribution in [0.15, 0.2) is 40.9 Å². The molecule has 6 nitrogen and oxygen atoms in total. The summed E-state index contributed by atoms with van der Waals surface area (Å²) >= 11 is 6.76. The average Bonchev–Trinajstić information content (AvgIpc) is 3.10. The molecule has 130 valence electrons. The lowest BCUT2D eigenvalue weighted by molar-refractivity contribution is 0.527. The van der Waals surface area contributed by atoms with Gasteiger partial charge in [0.25, 0.3) is 0 Å². The van der Waals surface area contributed by atoms with E-state index in [1.807, 2.05) is 6.07 Å². The molecule has 0 aliphatic carbocycles. The minimum absolute atomic E-state index is 0.0998. The van der Waals surface area contributed by atoms with E-state index >= 15 is 0 Å². The number of aromatic nitrogens is 1. The zero-order valence-electron chi connectivity index (χ0n) is 12.4. The van der Waals surface area contributed by atoms with Gasteiger partial charge in [-0.3, -0.25) is 4.98 Å². The van der Waals surface area contributed by atoms with Crippen molar-refractivity contribution in [2.75, 3.05) is 11.5 Å². The Morgan fingerprint density at radius 3 is 2.71 bits per heavy atom. The maximum atomic E-state index is 12.8. The molecule has 1 N–H and O–H groups in total. The van der Waals surface area contributed by atoms with Crippen LogP contribution in [0.5, 0.6) is 0 Å². The van der Waals surface area contributed by atoms with Gasteiger partial charge in [-0.15, -0.1) is 11.3 Å². The quantitative estimate of drug-likeness (QED) is 0.809. The number of hydrogen-bond acceptors (Lipinski definition) is 7. The molecule has 2 aromatic heterocycles. The maximum absolute atomic E-state index is 12.8. The molecule has 3 rings (SSSR count). The zero-order valence-corrected chi connectivity index (χ0v) is 15.6. The predicted octanol–water partition coefficient (Wildman–Crippen LogP) is 1.53. The van der Waals surface area contributed by atoms with Crippen LogP contribution in [0.3, 0.4) is 0 Å². The number of halogens is 1. The monoisotopic (exact) mass is 406 g/mol. The molecule has 0 saturated carbocycles. The van der Waals surface area contributed by atoms with E-state index in [-0.39, 0.29) is 15.7 Å². The van der Waals surface area contributed by atoms with Crippen molar-refractivity contribution in [3.8, 4) is 0 Å². The number of nitrogens with zero attached hydrogens (tertiary/aromatic N) is 1. The average molecular weight is 407 g/mol. The van der Waals surface area contributed by atoms with E-state index < -0.39 is 31.0 Å². The van der Waals surface area contributed by atoms with E-state index in [1.54, 1.807) is 18.5 Å². The highest BCUT2D eigenvalue weighted by Gasteiger charge is 2.46. The van der Waals surface area contributed by atoms with Crippen LogP contribution in [-0.2, 0) is 26.2 Å². The van der Waals surface area contributed by atoms with Gasteiger partial charge in [0.1, 0.15) is 4.21 Å². The molecule has 1 aliphatic rings. The number of nitrogens with one attached hydrogen (secondary N) is 1. The van der Waals surface area contributed by atoms with Crippen molar-refractivity contribution < 1.29 is 16.8 Å². The molecule has 0 bridgehead atoms. The van der Waals surface area contributed by atoms with Gasteiger partial charge in [-0.05, 0) is 23.8 Å². The fraction of sp³-hybridized carbons (Fsp3) is 0.357. The predicted molar refractivity (Wildman–Crippen MR) is 93.8 cm³/mol. The van der Waals surface area contributed by atoms with Gasteiger partial charge in [0, 0.05) is 25.0 Å². The summed E-state index contributed by atoms with van der Waals surface area (Å²) in [6, 6.07) is 5.86. The molecule has 0 aromatic carbocycles. The van der Waals surface area contributed by atoms with Crippen molar-refractivity contribution in [3.05, 3.63) is 46.6 Å². The van der Waals surface area contributed by atoms with Crippen LogP contribution >= 0.6 is 22.9 Å². The van der Waals surface area contributed by atoms with E-state index in [2.05, 4.69) is 10.3 Å². The molecule has 24 heavy (non-hydrogen) atoms. The lowest BCUT2D eigenvalue weighted by Gasteiger charge is -2.19. The van der Waals surface area contributed by atoms with Crippen LogP contribution in [0.2, 0.25) is 4.34 Å². The van der Waals surface area contributed by atoms with E-state index in [4.69, 9.17) is 11.6 Å². The van der Waals surface area contributed by atoms with Gasteiger partial charge >= 0.3 is 0 Å². The Labute approximate surface area is 149 Å². The molecular weight excluding hydrogens is 392 g/mol. The summed E-state index contributed by atoms with van der Waals surface area (Å²) in [6.07, 6.45) is 3.29. The van der Waals surface area contributed by atoms with E-state index in [0.29, 0.717) is 10.9 Å². The van der Waals surface area contributed by atoms with E-state index in [9.17, 15) is 16.8 Å². The molecule has 0 amide bonds. The SMILES string of the molecule is O=S1(=O)C[C@H](NCc2cccnc2)[C@@H](S(=O)(=O)c2ccc(Cl)s2)C1. The molecular formula is C14H15ClN2O4S3. The molecule has 10 heteroatoms. The summed E-state index contributed by atoms with van der Waals surface area (Å²) in [4.78, 5) is 3.99. The highest BCUT2D eigenvalue weighted by molar-refractivity contribution is 7.97. The highest BCUT2D eigenvalue weighted by atomic mass is 35.5. The first-order chi connectivity index (χ1) is 11.3. The molecule has 0 unspecified atom stereocenters. The minimum atomic E-state index is -3.77. The molecule has 1 saturated heterocycles. The molecule has 3 heterocycles. The number of rotatable bonds is 5. The third-order valence-electron chi connectivity index (χ3n) is 3.82. The molecule has 1 aliphatic heterocycles. The van der Waals surface area contributed by atoms with E-state index in [0.717, 1.165) is 16.9 Å². The lowest BCUT2D eigenvalue weighted by Crippen LogP contribution is -2.42. The molecule has 0 radical (unpaired) electrons. The first-order valence-electron chi connectivity index (χ1n) is 7.10. The van der Waals surface area contributed by atoms with Crippen LogP contribution < -0.4 is 5.32 Å². The normalized spacial score (nSPS) is 23.4. The topological polar surface area (TPSA) is 93.2 Å². The number of pyridine rings is 1. The second kappa shape index (κ2) is 6.72. The maximum Gasteiger partial charge on any atom is 0.193 e. The summed E-state index contributed by atoms with van der Waals surface area (Å²) in [7, 11) is -7.18. The third-order valence-corrected chi connectivity index (χ3v) is 9.73. The van der Waals surface area contributed by atoms with E-state index in [1.165, 1.54) is 12.1 Å². The molecule has 2 atom stereocenters. The summed E-state index contributed by atoms with van der Waals surface area (Å²) < 4.78 is 50.1. The van der Waals surface area contributed by atoms with Crippen molar-refractivity contribution >= 4 is 42.6 Å². The third kappa shape index (κ3) is 3.80. The standard InChI is InChI=1S/C14H15ClN2O4S3/c15-13-3-4-14(22-13)24(20,21)12-9-23(18,19)8-11(12)17-7-10-2-1-5-16-6-10/h1-6,11-12,17H,7-9H2/t11-,12-/m0/s1. The number of hydrogen-bond donors (Lipinski definition) is 1. The van der Waals surface area contributed by atoms with Gasteiger partial charge in [0.2, 0.25) is 0 Å². The fourth-order valence-electron chi connectivity index (χ4n) is 2.66. The lowest BCUT2D eigenvalue weighted by atomic mass is 10.2. The van der Waals surface area contributed by atoms with Gasteiger partial charge < -0.3 is 5.32 Å². The first kappa shape index (κ1) is 17.8. The Balaban J connectivity index is 1.84. The number of sulfone groups is 2. The summed E-state index contributed by atoms with van der Waals surface area (Å²) in [6.45, 7) is 0.352. The second-order valence-electron chi connectivity index (χ2n) is 5.57. The molecule has 2 aromatic rings. The smallest absolute Gasteiger partial charge is 0.193 e. The van der Waals surface area contributed by atoms with Crippen molar-refractivity contribution in [1.29, 1.82) is 0 Å². The first-order valence-corrected chi connectivity index (χ1v) is 11.7. The Morgan fingerprint density at radius 2 is 2.08 bits per heavy atom. The van der Waals surface area contributed by atoms with Crippen LogP contribution in [0.25, 0.3) is 0 Å². The Kier molecular flexibility index (Phi) is 4.99. The van der Waals surface area contributed by atoms with Crippen LogP contribution in [-0.4, -0.2) is 44.6 Å². The van der Waals surface area contributed by atoms with Crippen LogP contribution in [0.4, 0.5) is 0 Å². The Bertz CT molecular complexity index is 926. The highest BCUT2D eigenvalue weighted by Crippen LogP contribution is 2.32. The zero-order chi connectivity index (χ0) is 17.4. The van der Waals surface area contributed by atoms with Gasteiger partial charge in [-0.2, -0.15) is 0 Å². The summed E-state index contributed by atoms with van der Waals surface area (Å²) in [5, 5.41) is 2.04. The second-order valence-corrected chi connectivity index (χ2v) is 11.8. The Morgan fingerprint density at radius 1 is 1.29 bits per heavy atom. The van der Waals surface area contributed by atoms with Crippen molar-refractivity contribution in [3.63, 3.8) is 0 Å². The minimum Gasteiger partial charge on any atom is -0.308 e. The largest absolute Gasteiger partial charge is 0.308 e.